The van der Waals surface area contributed by atoms with Crippen molar-refractivity contribution in [3.05, 3.63) is 70.9 Å². The maximum atomic E-state index is 6.17. The number of aromatic nitrogens is 6. The first kappa shape index (κ1) is 18.2. The van der Waals surface area contributed by atoms with Crippen LogP contribution in [0.3, 0.4) is 0 Å². The van der Waals surface area contributed by atoms with E-state index in [1.165, 1.54) is 16.7 Å². The largest absolute Gasteiger partial charge is 0.382 e. The van der Waals surface area contributed by atoms with Crippen LogP contribution in [0.5, 0.6) is 0 Å². The van der Waals surface area contributed by atoms with Crippen molar-refractivity contribution >= 4 is 27.6 Å². The van der Waals surface area contributed by atoms with Crippen molar-refractivity contribution in [1.29, 1.82) is 0 Å². The van der Waals surface area contributed by atoms with E-state index in [4.69, 9.17) is 5.73 Å². The Balaban J connectivity index is 1.45. The van der Waals surface area contributed by atoms with Gasteiger partial charge in [0.05, 0.1) is 5.52 Å². The molecule has 3 aromatic heterocycles. The van der Waals surface area contributed by atoms with Gasteiger partial charge in [0.2, 0.25) is 5.82 Å². The molecule has 0 fully saturated rings. The molecule has 0 saturated heterocycles. The fraction of sp³-hybridized carbons (Fsp3) is 0.174. The lowest BCUT2D eigenvalue weighted by atomic mass is 9.98. The SMILES string of the molecule is Cc1ccc2c(c1)nc(N)c1ncc(CCc3ccc(-c4nn[nH]n4)cc3C)cc12. The number of benzene rings is 2. The van der Waals surface area contributed by atoms with Crippen molar-refractivity contribution in [1.82, 2.24) is 30.6 Å². The average Bonchev–Trinajstić information content (AvgIpc) is 3.27. The summed E-state index contributed by atoms with van der Waals surface area (Å²) in [6, 6.07) is 14.7. The number of nitrogens with one attached hydrogen (secondary N) is 1. The summed E-state index contributed by atoms with van der Waals surface area (Å²) in [6.07, 6.45) is 3.72. The van der Waals surface area contributed by atoms with Gasteiger partial charge in [-0.05, 0) is 72.4 Å². The van der Waals surface area contributed by atoms with Gasteiger partial charge in [0.15, 0.2) is 5.82 Å². The highest BCUT2D eigenvalue weighted by Crippen LogP contribution is 2.28. The van der Waals surface area contributed by atoms with E-state index in [0.717, 1.165) is 45.8 Å². The minimum atomic E-state index is 0.475. The summed E-state index contributed by atoms with van der Waals surface area (Å²) in [6.45, 7) is 4.17. The smallest absolute Gasteiger partial charge is 0.204 e. The van der Waals surface area contributed by atoms with Crippen LogP contribution in [-0.2, 0) is 12.8 Å². The number of H-pyrrole nitrogens is 1. The molecule has 0 bridgehead atoms. The fourth-order valence-electron chi connectivity index (χ4n) is 3.88. The number of aryl methyl sites for hydroxylation is 4. The predicted molar refractivity (Wildman–Crippen MR) is 118 cm³/mol. The first-order chi connectivity index (χ1) is 14.6. The molecule has 0 radical (unpaired) electrons. The number of pyridine rings is 2. The molecule has 2 aromatic carbocycles. The van der Waals surface area contributed by atoms with Crippen LogP contribution in [0.15, 0.2) is 48.7 Å². The number of anilines is 1. The van der Waals surface area contributed by atoms with Crippen LogP contribution in [0, 0.1) is 13.8 Å². The third kappa shape index (κ3) is 3.24. The van der Waals surface area contributed by atoms with Gasteiger partial charge in [-0.1, -0.05) is 24.3 Å². The molecule has 0 amide bonds. The van der Waals surface area contributed by atoms with Gasteiger partial charge < -0.3 is 5.73 Å². The monoisotopic (exact) mass is 395 g/mol. The molecule has 0 unspecified atom stereocenters. The van der Waals surface area contributed by atoms with E-state index in [2.05, 4.69) is 80.8 Å². The molecule has 30 heavy (non-hydrogen) atoms. The standard InChI is InChI=1S/C23H21N7/c1-13-3-8-18-19-11-15(12-25-21(19)22(24)26-20(18)9-13)4-5-16-6-7-17(10-14(16)2)23-27-29-30-28-23/h3,6-12H,4-5H2,1-2H3,(H2,24,26)(H,27,28,29,30). The Morgan fingerprint density at radius 2 is 1.87 bits per heavy atom. The summed E-state index contributed by atoms with van der Waals surface area (Å²) in [4.78, 5) is 9.15. The number of aromatic amines is 1. The van der Waals surface area contributed by atoms with E-state index in [-0.39, 0.29) is 0 Å². The molecule has 3 N–H and O–H groups in total. The Morgan fingerprint density at radius 3 is 2.67 bits per heavy atom. The fourth-order valence-corrected chi connectivity index (χ4v) is 3.88. The molecule has 0 aliphatic carbocycles. The lowest BCUT2D eigenvalue weighted by Gasteiger charge is -2.10. The molecule has 7 heteroatoms. The number of hydrogen-bond donors (Lipinski definition) is 2. The van der Waals surface area contributed by atoms with E-state index in [1.807, 2.05) is 12.3 Å². The van der Waals surface area contributed by atoms with Crippen molar-refractivity contribution in [3.8, 4) is 11.4 Å². The molecular formula is C23H21N7. The molecule has 7 nitrogen and oxygen atoms in total. The van der Waals surface area contributed by atoms with Crippen LogP contribution < -0.4 is 5.73 Å². The molecule has 0 saturated carbocycles. The second-order valence-electron chi connectivity index (χ2n) is 7.63. The average molecular weight is 395 g/mol. The summed E-state index contributed by atoms with van der Waals surface area (Å²) in [5.41, 5.74) is 13.6. The van der Waals surface area contributed by atoms with E-state index >= 15 is 0 Å². The molecule has 5 rings (SSSR count). The number of nitrogens with two attached hydrogens (primary N) is 1. The van der Waals surface area contributed by atoms with Gasteiger partial charge in [0, 0.05) is 22.5 Å². The number of tetrazole rings is 1. The van der Waals surface area contributed by atoms with Crippen LogP contribution >= 0.6 is 0 Å². The van der Waals surface area contributed by atoms with Crippen molar-refractivity contribution in [2.24, 2.45) is 0 Å². The zero-order valence-corrected chi connectivity index (χ0v) is 16.8. The zero-order valence-electron chi connectivity index (χ0n) is 16.8. The van der Waals surface area contributed by atoms with Gasteiger partial charge in [-0.15, -0.1) is 10.2 Å². The highest BCUT2D eigenvalue weighted by Gasteiger charge is 2.10. The van der Waals surface area contributed by atoms with Crippen LogP contribution in [0.1, 0.15) is 22.3 Å². The molecule has 148 valence electrons. The number of nitrogens with zero attached hydrogens (tertiary/aromatic N) is 5. The van der Waals surface area contributed by atoms with Crippen molar-refractivity contribution in [2.45, 2.75) is 26.7 Å². The number of fused-ring (bicyclic) bond motifs is 3. The van der Waals surface area contributed by atoms with E-state index < -0.39 is 0 Å². The van der Waals surface area contributed by atoms with Gasteiger partial charge in [-0.25, -0.2) is 4.98 Å². The predicted octanol–water partition coefficient (Wildman–Crippen LogP) is 3.95. The van der Waals surface area contributed by atoms with Gasteiger partial charge in [0.1, 0.15) is 5.52 Å². The number of nitrogen functional groups attached to an aromatic ring is 1. The summed E-state index contributed by atoms with van der Waals surface area (Å²) in [7, 11) is 0. The quantitative estimate of drug-likeness (QED) is 0.446. The Hall–Kier alpha value is -3.87. The van der Waals surface area contributed by atoms with Crippen molar-refractivity contribution < 1.29 is 0 Å². The number of hydrogen-bond acceptors (Lipinski definition) is 6. The van der Waals surface area contributed by atoms with Crippen LogP contribution in [0.2, 0.25) is 0 Å². The lowest BCUT2D eigenvalue weighted by molar-refractivity contribution is 0.881. The van der Waals surface area contributed by atoms with Crippen molar-refractivity contribution in [3.63, 3.8) is 0 Å². The molecule has 0 atom stereocenters. The van der Waals surface area contributed by atoms with Gasteiger partial charge >= 0.3 is 0 Å². The Labute approximate surface area is 173 Å². The second-order valence-corrected chi connectivity index (χ2v) is 7.63. The Morgan fingerprint density at radius 1 is 0.967 bits per heavy atom. The zero-order chi connectivity index (χ0) is 20.7. The van der Waals surface area contributed by atoms with Gasteiger partial charge in [0.25, 0.3) is 0 Å². The third-order valence-electron chi connectivity index (χ3n) is 5.50. The minimum absolute atomic E-state index is 0.475. The second kappa shape index (κ2) is 7.18. The Kier molecular flexibility index (Phi) is 4.35. The summed E-state index contributed by atoms with van der Waals surface area (Å²) in [5.74, 6) is 1.08. The first-order valence-electron chi connectivity index (χ1n) is 9.86. The summed E-state index contributed by atoms with van der Waals surface area (Å²) >= 11 is 0. The van der Waals surface area contributed by atoms with Crippen molar-refractivity contribution in [2.75, 3.05) is 5.73 Å². The lowest BCUT2D eigenvalue weighted by Crippen LogP contribution is -1.99. The highest BCUT2D eigenvalue weighted by molar-refractivity contribution is 6.08. The molecule has 0 aliphatic rings. The van der Waals surface area contributed by atoms with E-state index in [0.29, 0.717) is 11.6 Å². The molecular weight excluding hydrogens is 374 g/mol. The topological polar surface area (TPSA) is 106 Å². The number of rotatable bonds is 4. The molecule has 5 aromatic rings. The van der Waals surface area contributed by atoms with Gasteiger partial charge in [-0.3, -0.25) is 4.98 Å². The van der Waals surface area contributed by atoms with E-state index in [1.54, 1.807) is 0 Å². The molecule has 0 spiro atoms. The first-order valence-corrected chi connectivity index (χ1v) is 9.86. The maximum absolute atomic E-state index is 6.17. The Bertz CT molecular complexity index is 1370. The minimum Gasteiger partial charge on any atom is -0.382 e. The van der Waals surface area contributed by atoms with Crippen LogP contribution in [0.25, 0.3) is 33.2 Å². The van der Waals surface area contributed by atoms with Gasteiger partial charge in [-0.2, -0.15) is 5.21 Å². The molecule has 0 aliphatic heterocycles. The third-order valence-corrected chi connectivity index (χ3v) is 5.50. The molecule has 3 heterocycles. The maximum Gasteiger partial charge on any atom is 0.204 e. The van der Waals surface area contributed by atoms with E-state index in [9.17, 15) is 0 Å². The highest BCUT2D eigenvalue weighted by atomic mass is 15.5. The summed E-state index contributed by atoms with van der Waals surface area (Å²) in [5, 5.41) is 16.4. The van der Waals surface area contributed by atoms with Crippen LogP contribution in [-0.4, -0.2) is 30.6 Å². The van der Waals surface area contributed by atoms with Crippen LogP contribution in [0.4, 0.5) is 5.82 Å². The summed E-state index contributed by atoms with van der Waals surface area (Å²) < 4.78 is 0. The normalized spacial score (nSPS) is 11.4.